The number of aryl methyl sites for hydroxylation is 3. The van der Waals surface area contributed by atoms with Gasteiger partial charge in [0.15, 0.2) is 0 Å². The topological polar surface area (TPSA) is 38.1 Å². The summed E-state index contributed by atoms with van der Waals surface area (Å²) >= 11 is 0. The van der Waals surface area contributed by atoms with E-state index in [4.69, 9.17) is 4.42 Å². The molecule has 3 nitrogen and oxygen atoms in total. The monoisotopic (exact) mass is 272 g/mol. The first-order valence-corrected chi connectivity index (χ1v) is 7.26. The molecule has 0 aliphatic rings. The van der Waals surface area contributed by atoms with Crippen LogP contribution in [-0.4, -0.2) is 11.5 Å². The van der Waals surface area contributed by atoms with Crippen molar-refractivity contribution in [3.8, 4) is 0 Å². The molecule has 0 aliphatic heterocycles. The van der Waals surface area contributed by atoms with E-state index in [1.165, 1.54) is 22.3 Å². The predicted molar refractivity (Wildman–Crippen MR) is 82.0 cm³/mol. The minimum Gasteiger partial charge on any atom is -0.466 e. The summed E-state index contributed by atoms with van der Waals surface area (Å²) in [4.78, 5) is 4.30. The van der Waals surface area contributed by atoms with Crippen LogP contribution < -0.4 is 5.32 Å². The molecule has 0 saturated heterocycles. The molecule has 1 N–H and O–H groups in total. The molecule has 0 bridgehead atoms. The van der Waals surface area contributed by atoms with Crippen molar-refractivity contribution in [3.05, 3.63) is 52.2 Å². The number of nitrogens with one attached hydrogen (secondary N) is 1. The predicted octanol–water partition coefficient (Wildman–Crippen LogP) is 4.00. The molecule has 0 aromatic carbocycles. The number of aromatic nitrogens is 1. The Bertz CT molecular complexity index is 587. The van der Waals surface area contributed by atoms with Crippen LogP contribution in [0.1, 0.15) is 53.2 Å². The molecule has 1 atom stereocenters. The maximum absolute atomic E-state index is 5.81. The van der Waals surface area contributed by atoms with Gasteiger partial charge in [0.1, 0.15) is 11.5 Å². The highest BCUT2D eigenvalue weighted by Crippen LogP contribution is 2.32. The van der Waals surface area contributed by atoms with Crippen LogP contribution in [0.3, 0.4) is 0 Å². The molecule has 0 spiro atoms. The minimum atomic E-state index is 0.154. The van der Waals surface area contributed by atoms with E-state index < -0.39 is 0 Å². The van der Waals surface area contributed by atoms with Gasteiger partial charge in [-0.25, -0.2) is 0 Å². The Balaban J connectivity index is 2.50. The summed E-state index contributed by atoms with van der Waals surface area (Å²) in [5, 5.41) is 3.64. The number of rotatable bonds is 5. The summed E-state index contributed by atoms with van der Waals surface area (Å²) in [7, 11) is 0. The van der Waals surface area contributed by atoms with E-state index in [1.807, 2.05) is 26.2 Å². The average Bonchev–Trinajstić information content (AvgIpc) is 2.67. The van der Waals surface area contributed by atoms with E-state index in [0.29, 0.717) is 0 Å². The third-order valence-electron chi connectivity index (χ3n) is 3.90. The third kappa shape index (κ3) is 2.78. The lowest BCUT2D eigenvalue weighted by Gasteiger charge is -2.21. The van der Waals surface area contributed by atoms with E-state index in [-0.39, 0.29) is 6.04 Å². The van der Waals surface area contributed by atoms with E-state index in [2.05, 4.69) is 37.1 Å². The Hall–Kier alpha value is -1.61. The fourth-order valence-corrected chi connectivity index (χ4v) is 2.67. The molecule has 1 unspecified atom stereocenters. The standard InChI is InChI=1S/C17H24N2O/c1-6-8-19-17(15-10-18-9-7-11(15)2)16-12(3)13(4)20-14(16)5/h7,9-10,17,19H,6,8H2,1-5H3. The Kier molecular flexibility index (Phi) is 4.61. The lowest BCUT2D eigenvalue weighted by molar-refractivity contribution is 0.492. The zero-order valence-corrected chi connectivity index (χ0v) is 13.1. The zero-order chi connectivity index (χ0) is 14.7. The smallest absolute Gasteiger partial charge is 0.106 e. The van der Waals surface area contributed by atoms with Crippen LogP contribution in [-0.2, 0) is 0 Å². The maximum Gasteiger partial charge on any atom is 0.106 e. The van der Waals surface area contributed by atoms with Crippen LogP contribution in [0.15, 0.2) is 22.9 Å². The van der Waals surface area contributed by atoms with Gasteiger partial charge in [-0.1, -0.05) is 6.92 Å². The van der Waals surface area contributed by atoms with Crippen molar-refractivity contribution in [2.45, 2.75) is 47.1 Å². The lowest BCUT2D eigenvalue weighted by Crippen LogP contribution is -2.25. The van der Waals surface area contributed by atoms with Crippen molar-refractivity contribution in [1.29, 1.82) is 0 Å². The van der Waals surface area contributed by atoms with Gasteiger partial charge in [-0.3, -0.25) is 4.98 Å². The summed E-state index contributed by atoms with van der Waals surface area (Å²) in [6, 6.07) is 2.22. The first kappa shape index (κ1) is 14.8. The number of nitrogens with zero attached hydrogens (tertiary/aromatic N) is 1. The highest BCUT2D eigenvalue weighted by molar-refractivity contribution is 5.42. The summed E-state index contributed by atoms with van der Waals surface area (Å²) in [6.07, 6.45) is 4.91. The van der Waals surface area contributed by atoms with Gasteiger partial charge < -0.3 is 9.73 Å². The van der Waals surface area contributed by atoms with Gasteiger partial charge in [0.25, 0.3) is 0 Å². The molecular formula is C17H24N2O. The molecule has 0 saturated carbocycles. The number of hydrogen-bond acceptors (Lipinski definition) is 3. The van der Waals surface area contributed by atoms with Gasteiger partial charge in [0.05, 0.1) is 6.04 Å². The molecule has 2 rings (SSSR count). The van der Waals surface area contributed by atoms with Gasteiger partial charge >= 0.3 is 0 Å². The zero-order valence-electron chi connectivity index (χ0n) is 13.1. The Morgan fingerprint density at radius 3 is 2.50 bits per heavy atom. The molecule has 0 fully saturated rings. The second kappa shape index (κ2) is 6.23. The average molecular weight is 272 g/mol. The van der Waals surface area contributed by atoms with Crippen LogP contribution >= 0.6 is 0 Å². The molecule has 3 heteroatoms. The summed E-state index contributed by atoms with van der Waals surface area (Å²) in [6.45, 7) is 11.5. The van der Waals surface area contributed by atoms with Crippen molar-refractivity contribution in [3.63, 3.8) is 0 Å². The minimum absolute atomic E-state index is 0.154. The number of hydrogen-bond donors (Lipinski definition) is 1. The molecule has 0 amide bonds. The van der Waals surface area contributed by atoms with Gasteiger partial charge in [-0.05, 0) is 63.4 Å². The van der Waals surface area contributed by atoms with Crippen LogP contribution in [0.2, 0.25) is 0 Å². The number of pyridine rings is 1. The molecule has 0 aliphatic carbocycles. The van der Waals surface area contributed by atoms with Crippen LogP contribution in [0, 0.1) is 27.7 Å². The first-order valence-electron chi connectivity index (χ1n) is 7.26. The fourth-order valence-electron chi connectivity index (χ4n) is 2.67. The van der Waals surface area contributed by atoms with Gasteiger partial charge in [-0.2, -0.15) is 0 Å². The lowest BCUT2D eigenvalue weighted by atomic mass is 9.93. The van der Waals surface area contributed by atoms with Gasteiger partial charge in [0.2, 0.25) is 0 Å². The molecule has 2 aromatic heterocycles. The Morgan fingerprint density at radius 2 is 1.95 bits per heavy atom. The Labute approximate surface area is 121 Å². The van der Waals surface area contributed by atoms with Crippen molar-refractivity contribution >= 4 is 0 Å². The molecule has 20 heavy (non-hydrogen) atoms. The van der Waals surface area contributed by atoms with Crippen molar-refractivity contribution < 1.29 is 4.42 Å². The second-order valence-electron chi connectivity index (χ2n) is 5.37. The van der Waals surface area contributed by atoms with Crippen molar-refractivity contribution in [1.82, 2.24) is 10.3 Å². The van der Waals surface area contributed by atoms with E-state index >= 15 is 0 Å². The third-order valence-corrected chi connectivity index (χ3v) is 3.90. The summed E-state index contributed by atoms with van der Waals surface area (Å²) < 4.78 is 5.81. The van der Waals surface area contributed by atoms with Crippen molar-refractivity contribution in [2.24, 2.45) is 0 Å². The second-order valence-corrected chi connectivity index (χ2v) is 5.37. The number of furan rings is 1. The normalized spacial score (nSPS) is 12.7. The largest absolute Gasteiger partial charge is 0.466 e. The quantitative estimate of drug-likeness (QED) is 0.894. The Morgan fingerprint density at radius 1 is 1.20 bits per heavy atom. The molecule has 2 aromatic rings. The van der Waals surface area contributed by atoms with Gasteiger partial charge in [0, 0.05) is 18.0 Å². The molecule has 0 radical (unpaired) electrons. The summed E-state index contributed by atoms with van der Waals surface area (Å²) in [5.41, 5.74) is 4.98. The highest BCUT2D eigenvalue weighted by Gasteiger charge is 2.23. The van der Waals surface area contributed by atoms with Gasteiger partial charge in [-0.15, -0.1) is 0 Å². The van der Waals surface area contributed by atoms with E-state index in [0.717, 1.165) is 24.5 Å². The maximum atomic E-state index is 5.81. The van der Waals surface area contributed by atoms with Crippen LogP contribution in [0.4, 0.5) is 0 Å². The SMILES string of the molecule is CCCNC(c1cnccc1C)c1c(C)oc(C)c1C. The highest BCUT2D eigenvalue weighted by atomic mass is 16.3. The first-order chi connectivity index (χ1) is 9.56. The van der Waals surface area contributed by atoms with Crippen LogP contribution in [0.5, 0.6) is 0 Å². The van der Waals surface area contributed by atoms with E-state index in [1.54, 1.807) is 0 Å². The van der Waals surface area contributed by atoms with Crippen molar-refractivity contribution in [2.75, 3.05) is 6.54 Å². The summed E-state index contributed by atoms with van der Waals surface area (Å²) in [5.74, 6) is 2.00. The van der Waals surface area contributed by atoms with Crippen LogP contribution in [0.25, 0.3) is 0 Å². The molecule has 2 heterocycles. The molecule has 108 valence electrons. The fraction of sp³-hybridized carbons (Fsp3) is 0.471. The van der Waals surface area contributed by atoms with E-state index in [9.17, 15) is 0 Å². The molecular weight excluding hydrogens is 248 g/mol.